The molecule has 2 unspecified atom stereocenters. The van der Waals surface area contributed by atoms with Gasteiger partial charge in [-0.3, -0.25) is 4.79 Å². The van der Waals surface area contributed by atoms with Crippen molar-refractivity contribution >= 4 is 5.91 Å². The van der Waals surface area contributed by atoms with E-state index >= 15 is 0 Å². The summed E-state index contributed by atoms with van der Waals surface area (Å²) in [5.41, 5.74) is 0. The molecule has 1 amide bonds. The Kier molecular flexibility index (Phi) is 6.73. The topological polar surface area (TPSA) is 40.5 Å². The van der Waals surface area contributed by atoms with Crippen molar-refractivity contribution in [1.29, 1.82) is 0 Å². The van der Waals surface area contributed by atoms with E-state index < -0.39 is 6.23 Å². The van der Waals surface area contributed by atoms with E-state index in [1.807, 2.05) is 0 Å². The van der Waals surface area contributed by atoms with Crippen molar-refractivity contribution in [3.05, 3.63) is 24.8 Å². The van der Waals surface area contributed by atoms with Gasteiger partial charge in [0.25, 0.3) is 0 Å². The Morgan fingerprint density at radius 2 is 2.22 bits per heavy atom. The Labute approximate surface area is 110 Å². The number of rotatable bonds is 8. The number of hydrogen-bond donors (Lipinski definition) is 1. The first kappa shape index (κ1) is 15.0. The van der Waals surface area contributed by atoms with E-state index in [-0.39, 0.29) is 11.8 Å². The van der Waals surface area contributed by atoms with Crippen LogP contribution in [-0.2, 0) is 4.79 Å². The van der Waals surface area contributed by atoms with E-state index in [1.54, 1.807) is 6.08 Å². The first-order valence-corrected chi connectivity index (χ1v) is 6.94. The van der Waals surface area contributed by atoms with Crippen molar-refractivity contribution in [2.24, 2.45) is 5.92 Å². The highest BCUT2D eigenvalue weighted by atomic mass is 16.3. The number of carbonyl (C=O) groups is 1. The Morgan fingerprint density at radius 3 is 2.89 bits per heavy atom. The highest BCUT2D eigenvalue weighted by molar-refractivity contribution is 5.79. The summed E-state index contributed by atoms with van der Waals surface area (Å²) in [7, 11) is 0. The lowest BCUT2D eigenvalue weighted by molar-refractivity contribution is -0.132. The van der Waals surface area contributed by atoms with Gasteiger partial charge in [-0.2, -0.15) is 0 Å². The molecule has 1 rings (SSSR count). The van der Waals surface area contributed by atoms with Crippen LogP contribution < -0.4 is 0 Å². The fourth-order valence-electron chi connectivity index (χ4n) is 2.30. The second-order valence-corrected chi connectivity index (χ2v) is 4.92. The second kappa shape index (κ2) is 8.09. The standard InChI is InChI=1S/C15H25NO2/c1-3-5-6-7-8-9-10-13-12-14(17)16(11-4-2)15(13)18/h4,8-9,13,15,18H,2-3,5-7,10-12H2,1H3/b9-8-. The van der Waals surface area contributed by atoms with E-state index in [4.69, 9.17) is 0 Å². The van der Waals surface area contributed by atoms with E-state index in [0.29, 0.717) is 13.0 Å². The lowest BCUT2D eigenvalue weighted by Crippen LogP contribution is -2.35. The lowest BCUT2D eigenvalue weighted by Gasteiger charge is -2.21. The van der Waals surface area contributed by atoms with Crippen LogP contribution in [0.4, 0.5) is 0 Å². The molecule has 0 spiro atoms. The lowest BCUT2D eigenvalue weighted by atomic mass is 10.0. The molecule has 0 bridgehead atoms. The molecule has 1 N–H and O–H groups in total. The number of unbranched alkanes of at least 4 members (excludes halogenated alkanes) is 3. The van der Waals surface area contributed by atoms with Gasteiger partial charge in [-0.15, -0.1) is 6.58 Å². The molecule has 0 aromatic rings. The minimum Gasteiger partial charge on any atom is -0.373 e. The van der Waals surface area contributed by atoms with Gasteiger partial charge >= 0.3 is 0 Å². The summed E-state index contributed by atoms with van der Waals surface area (Å²) in [5, 5.41) is 10.0. The molecule has 1 heterocycles. The quantitative estimate of drug-likeness (QED) is 0.532. The van der Waals surface area contributed by atoms with Crippen molar-refractivity contribution in [2.75, 3.05) is 6.54 Å². The number of amides is 1. The van der Waals surface area contributed by atoms with Crippen molar-refractivity contribution in [1.82, 2.24) is 4.90 Å². The zero-order valence-electron chi connectivity index (χ0n) is 11.3. The van der Waals surface area contributed by atoms with E-state index in [0.717, 1.165) is 12.8 Å². The average molecular weight is 251 g/mol. The summed E-state index contributed by atoms with van der Waals surface area (Å²) in [6, 6.07) is 0. The molecule has 1 aliphatic heterocycles. The fraction of sp³-hybridized carbons (Fsp3) is 0.667. The van der Waals surface area contributed by atoms with Crippen LogP contribution in [-0.4, -0.2) is 28.7 Å². The number of nitrogens with zero attached hydrogens (tertiary/aromatic N) is 1. The van der Waals surface area contributed by atoms with Crippen LogP contribution in [0, 0.1) is 5.92 Å². The molecule has 0 aromatic heterocycles. The maximum absolute atomic E-state index is 11.7. The number of carbonyl (C=O) groups excluding carboxylic acids is 1. The van der Waals surface area contributed by atoms with Gasteiger partial charge in [-0.05, 0) is 19.3 Å². The smallest absolute Gasteiger partial charge is 0.225 e. The zero-order valence-corrected chi connectivity index (χ0v) is 11.3. The Balaban J connectivity index is 2.31. The van der Waals surface area contributed by atoms with Crippen LogP contribution >= 0.6 is 0 Å². The molecule has 3 nitrogen and oxygen atoms in total. The second-order valence-electron chi connectivity index (χ2n) is 4.92. The van der Waals surface area contributed by atoms with Gasteiger partial charge in [0.1, 0.15) is 6.23 Å². The largest absolute Gasteiger partial charge is 0.373 e. The Bertz CT molecular complexity index is 299. The summed E-state index contributed by atoms with van der Waals surface area (Å²) in [4.78, 5) is 13.2. The number of likely N-dealkylation sites (tertiary alicyclic amines) is 1. The summed E-state index contributed by atoms with van der Waals surface area (Å²) < 4.78 is 0. The van der Waals surface area contributed by atoms with Crippen LogP contribution in [0.1, 0.15) is 45.4 Å². The summed E-state index contributed by atoms with van der Waals surface area (Å²) >= 11 is 0. The molecule has 18 heavy (non-hydrogen) atoms. The highest BCUT2D eigenvalue weighted by Crippen LogP contribution is 2.26. The van der Waals surface area contributed by atoms with Crippen molar-refractivity contribution < 1.29 is 9.90 Å². The molecular formula is C15H25NO2. The van der Waals surface area contributed by atoms with Gasteiger partial charge in [0.2, 0.25) is 5.91 Å². The minimum atomic E-state index is -0.643. The molecule has 0 aromatic carbocycles. The third-order valence-electron chi connectivity index (χ3n) is 3.40. The predicted octanol–water partition coefficient (Wildman–Crippen LogP) is 2.87. The first-order chi connectivity index (χ1) is 8.70. The number of hydrogen-bond acceptors (Lipinski definition) is 2. The monoisotopic (exact) mass is 251 g/mol. The SMILES string of the molecule is C=CCN1C(=O)CC(C/C=C\CCCCC)C1O. The number of aliphatic hydroxyl groups is 1. The zero-order chi connectivity index (χ0) is 13.4. The van der Waals surface area contributed by atoms with E-state index in [2.05, 4.69) is 25.7 Å². The highest BCUT2D eigenvalue weighted by Gasteiger charge is 2.36. The molecular weight excluding hydrogens is 226 g/mol. The van der Waals surface area contributed by atoms with Crippen LogP contribution in [0.15, 0.2) is 24.8 Å². The molecule has 1 fully saturated rings. The Hall–Kier alpha value is -1.09. The molecule has 0 radical (unpaired) electrons. The number of allylic oxidation sites excluding steroid dienone is 2. The third kappa shape index (κ3) is 4.30. The van der Waals surface area contributed by atoms with Crippen LogP contribution in [0.25, 0.3) is 0 Å². The van der Waals surface area contributed by atoms with E-state index in [9.17, 15) is 9.90 Å². The molecule has 0 aliphatic carbocycles. The molecule has 1 aliphatic rings. The van der Waals surface area contributed by atoms with Gasteiger partial charge in [-0.25, -0.2) is 0 Å². The normalized spacial score (nSPS) is 24.1. The van der Waals surface area contributed by atoms with Gasteiger partial charge in [-0.1, -0.05) is 38.0 Å². The fourth-order valence-corrected chi connectivity index (χ4v) is 2.30. The summed E-state index contributed by atoms with van der Waals surface area (Å²) in [5.74, 6) is 0.0756. The van der Waals surface area contributed by atoms with Gasteiger partial charge in [0.05, 0.1) is 0 Å². The average Bonchev–Trinajstić information content (AvgIpc) is 2.62. The minimum absolute atomic E-state index is 0.0341. The third-order valence-corrected chi connectivity index (χ3v) is 3.40. The number of aliphatic hydroxyl groups excluding tert-OH is 1. The molecule has 2 atom stereocenters. The molecule has 3 heteroatoms. The van der Waals surface area contributed by atoms with Gasteiger partial charge in [0.15, 0.2) is 0 Å². The van der Waals surface area contributed by atoms with Crippen LogP contribution in [0.3, 0.4) is 0 Å². The molecule has 1 saturated heterocycles. The van der Waals surface area contributed by atoms with Crippen molar-refractivity contribution in [3.8, 4) is 0 Å². The van der Waals surface area contributed by atoms with E-state index in [1.165, 1.54) is 24.2 Å². The Morgan fingerprint density at radius 1 is 1.44 bits per heavy atom. The molecule has 0 saturated carbocycles. The van der Waals surface area contributed by atoms with Crippen molar-refractivity contribution in [3.63, 3.8) is 0 Å². The van der Waals surface area contributed by atoms with Gasteiger partial charge < -0.3 is 10.0 Å². The van der Waals surface area contributed by atoms with Gasteiger partial charge in [0, 0.05) is 18.9 Å². The molecule has 102 valence electrons. The van der Waals surface area contributed by atoms with Crippen LogP contribution in [0.5, 0.6) is 0 Å². The first-order valence-electron chi connectivity index (χ1n) is 6.94. The van der Waals surface area contributed by atoms with Crippen LogP contribution in [0.2, 0.25) is 0 Å². The predicted molar refractivity (Wildman–Crippen MR) is 73.9 cm³/mol. The summed E-state index contributed by atoms with van der Waals surface area (Å²) in [6.45, 7) is 6.24. The maximum Gasteiger partial charge on any atom is 0.225 e. The summed E-state index contributed by atoms with van der Waals surface area (Å²) in [6.07, 6.45) is 11.4. The van der Waals surface area contributed by atoms with Crippen molar-refractivity contribution in [2.45, 2.75) is 51.7 Å². The maximum atomic E-state index is 11.7.